The van der Waals surface area contributed by atoms with Gasteiger partial charge in [-0.3, -0.25) is 14.5 Å². The van der Waals surface area contributed by atoms with Crippen LogP contribution in [0.2, 0.25) is 0 Å². The minimum absolute atomic E-state index is 0.0182. The number of aromatic nitrogens is 1. The lowest BCUT2D eigenvalue weighted by molar-refractivity contribution is -0.0515. The monoisotopic (exact) mass is 492 g/mol. The Bertz CT molecular complexity index is 1160. The lowest BCUT2D eigenvalue weighted by Gasteiger charge is -2.44. The van der Waals surface area contributed by atoms with E-state index >= 15 is 0 Å². The lowest BCUT2D eigenvalue weighted by atomic mass is 9.92. The number of alkyl halides is 2. The van der Waals surface area contributed by atoms with Crippen molar-refractivity contribution < 1.29 is 32.5 Å². The molecule has 2 aliphatic rings. The predicted octanol–water partition coefficient (Wildman–Crippen LogP) is 4.02. The topological polar surface area (TPSA) is 79.2 Å². The number of esters is 1. The molecule has 1 saturated heterocycles. The molecule has 0 saturated carbocycles. The maximum atomic E-state index is 13.3. The van der Waals surface area contributed by atoms with Crippen molar-refractivity contribution in [3.63, 3.8) is 0 Å². The van der Waals surface area contributed by atoms with E-state index < -0.39 is 18.0 Å². The van der Waals surface area contributed by atoms with Crippen LogP contribution in [0.5, 0.6) is 5.75 Å². The summed E-state index contributed by atoms with van der Waals surface area (Å²) < 4.78 is 48.8. The zero-order chi connectivity index (χ0) is 25.3. The number of carbonyl (C=O) groups is 1. The van der Waals surface area contributed by atoms with Crippen LogP contribution in [0.15, 0.2) is 29.2 Å². The molecule has 0 amide bonds. The van der Waals surface area contributed by atoms with Crippen LogP contribution in [0, 0.1) is 0 Å². The number of rotatable bonds is 9. The third-order valence-corrected chi connectivity index (χ3v) is 6.48. The molecular formula is C25H30F2N2O6. The second kappa shape index (κ2) is 9.94. The summed E-state index contributed by atoms with van der Waals surface area (Å²) >= 11 is 0. The van der Waals surface area contributed by atoms with Crippen LogP contribution < -0.4 is 15.2 Å². The van der Waals surface area contributed by atoms with Gasteiger partial charge in [0.15, 0.2) is 5.43 Å². The van der Waals surface area contributed by atoms with Gasteiger partial charge in [-0.15, -0.1) is 0 Å². The Hall–Kier alpha value is -2.98. The zero-order valence-corrected chi connectivity index (χ0v) is 20.3. The van der Waals surface area contributed by atoms with Gasteiger partial charge in [0.2, 0.25) is 0 Å². The fourth-order valence-corrected chi connectivity index (χ4v) is 4.93. The molecular weight excluding hydrogens is 462 g/mol. The van der Waals surface area contributed by atoms with Crippen molar-refractivity contribution >= 4 is 5.97 Å². The molecule has 0 spiro atoms. The summed E-state index contributed by atoms with van der Waals surface area (Å²) in [5.41, 5.74) is 1.62. The summed E-state index contributed by atoms with van der Waals surface area (Å²) in [5, 5.41) is 2.13. The number of hydrogen-bond acceptors (Lipinski definition) is 7. The number of ether oxygens (including phenoxy) is 4. The SMILES string of the molecule is CCOC(=O)c1cn2c(cc1=O)-c1cc(OC(F)F)c(COCCOC)cc1[C@H]1CCC(C)(C)N12. The summed E-state index contributed by atoms with van der Waals surface area (Å²) in [5.74, 6) is -0.715. The molecule has 190 valence electrons. The minimum atomic E-state index is -3.02. The van der Waals surface area contributed by atoms with Crippen molar-refractivity contribution in [1.29, 1.82) is 0 Å². The number of fused-ring (bicyclic) bond motifs is 6. The van der Waals surface area contributed by atoms with E-state index in [0.29, 0.717) is 30.0 Å². The first-order chi connectivity index (χ1) is 16.7. The number of carbonyl (C=O) groups excluding carboxylic acids is 1. The highest BCUT2D eigenvalue weighted by atomic mass is 19.3. The predicted molar refractivity (Wildman–Crippen MR) is 125 cm³/mol. The normalized spacial score (nSPS) is 17.7. The molecule has 2 aliphatic heterocycles. The fourth-order valence-electron chi connectivity index (χ4n) is 4.93. The van der Waals surface area contributed by atoms with Gasteiger partial charge in [0.1, 0.15) is 11.3 Å². The highest BCUT2D eigenvalue weighted by Gasteiger charge is 2.45. The molecule has 4 rings (SSSR count). The van der Waals surface area contributed by atoms with Gasteiger partial charge in [-0.2, -0.15) is 8.78 Å². The molecule has 35 heavy (non-hydrogen) atoms. The van der Waals surface area contributed by atoms with Gasteiger partial charge in [-0.25, -0.2) is 4.79 Å². The first-order valence-corrected chi connectivity index (χ1v) is 11.6. The average molecular weight is 493 g/mol. The summed E-state index contributed by atoms with van der Waals surface area (Å²) in [6.07, 6.45) is 3.15. The molecule has 10 heteroatoms. The number of halogens is 2. The standard InChI is InChI=1S/C25H30F2N2O6/c1-5-34-23(31)18-13-28-20(12-21(18)30)17-11-22(35-24(26)27)15(14-33-9-8-32-4)10-16(17)19-6-7-25(2,3)29(19)28/h10-13,19,24H,5-9,14H2,1-4H3/t19-/m1/s1. The van der Waals surface area contributed by atoms with E-state index in [4.69, 9.17) is 18.9 Å². The van der Waals surface area contributed by atoms with Crippen LogP contribution in [-0.2, 0) is 20.8 Å². The number of benzene rings is 1. The molecule has 0 radical (unpaired) electrons. The maximum absolute atomic E-state index is 13.3. The first kappa shape index (κ1) is 25.1. The van der Waals surface area contributed by atoms with E-state index in [1.807, 2.05) is 6.07 Å². The Morgan fingerprint density at radius 3 is 2.69 bits per heavy atom. The molecule has 2 aromatic rings. The fraction of sp³-hybridized carbons (Fsp3) is 0.520. The smallest absolute Gasteiger partial charge is 0.387 e. The average Bonchev–Trinajstić information content (AvgIpc) is 3.12. The highest BCUT2D eigenvalue weighted by Crippen LogP contribution is 2.49. The molecule has 8 nitrogen and oxygen atoms in total. The summed E-state index contributed by atoms with van der Waals surface area (Å²) in [6, 6.07) is 4.63. The maximum Gasteiger partial charge on any atom is 0.387 e. The number of hydrogen-bond donors (Lipinski definition) is 0. The Morgan fingerprint density at radius 2 is 2.00 bits per heavy atom. The third-order valence-electron chi connectivity index (χ3n) is 6.48. The Balaban J connectivity index is 1.88. The van der Waals surface area contributed by atoms with Crippen molar-refractivity contribution in [2.75, 3.05) is 31.9 Å². The molecule has 1 fully saturated rings. The summed E-state index contributed by atoms with van der Waals surface area (Å²) in [7, 11) is 1.55. The second-order valence-electron chi connectivity index (χ2n) is 9.18. The Kier molecular flexibility index (Phi) is 7.14. The van der Waals surface area contributed by atoms with Crippen LogP contribution >= 0.6 is 0 Å². The molecule has 0 aliphatic carbocycles. The van der Waals surface area contributed by atoms with Crippen LogP contribution in [0.4, 0.5) is 8.78 Å². The van der Waals surface area contributed by atoms with Crippen molar-refractivity contribution in [2.45, 2.75) is 58.4 Å². The molecule has 0 bridgehead atoms. The minimum Gasteiger partial charge on any atom is -0.462 e. The van der Waals surface area contributed by atoms with Gasteiger partial charge in [0, 0.05) is 30.5 Å². The van der Waals surface area contributed by atoms with Crippen LogP contribution in [0.1, 0.15) is 61.1 Å². The molecule has 1 atom stereocenters. The van der Waals surface area contributed by atoms with Gasteiger partial charge >= 0.3 is 12.6 Å². The second-order valence-corrected chi connectivity index (χ2v) is 9.18. The molecule has 1 aromatic heterocycles. The van der Waals surface area contributed by atoms with Gasteiger partial charge in [0.25, 0.3) is 0 Å². The van der Waals surface area contributed by atoms with Crippen molar-refractivity contribution in [3.8, 4) is 17.0 Å². The van der Waals surface area contributed by atoms with E-state index in [1.165, 1.54) is 18.3 Å². The van der Waals surface area contributed by atoms with E-state index in [0.717, 1.165) is 18.4 Å². The zero-order valence-electron chi connectivity index (χ0n) is 20.3. The van der Waals surface area contributed by atoms with Crippen molar-refractivity contribution in [1.82, 2.24) is 4.68 Å². The van der Waals surface area contributed by atoms with Crippen molar-refractivity contribution in [3.05, 3.63) is 51.3 Å². The number of nitrogens with zero attached hydrogens (tertiary/aromatic N) is 2. The van der Waals surface area contributed by atoms with E-state index in [2.05, 4.69) is 18.9 Å². The first-order valence-electron chi connectivity index (χ1n) is 11.6. The van der Waals surface area contributed by atoms with Crippen LogP contribution in [-0.4, -0.2) is 49.7 Å². The summed E-state index contributed by atoms with van der Waals surface area (Å²) in [6.45, 7) is 3.72. The van der Waals surface area contributed by atoms with Gasteiger partial charge in [-0.1, -0.05) is 0 Å². The van der Waals surface area contributed by atoms with Gasteiger partial charge < -0.3 is 18.9 Å². The lowest BCUT2D eigenvalue weighted by Crippen LogP contribution is -2.50. The van der Waals surface area contributed by atoms with E-state index in [1.54, 1.807) is 18.7 Å². The largest absolute Gasteiger partial charge is 0.462 e. The Labute approximate surface area is 202 Å². The van der Waals surface area contributed by atoms with Gasteiger partial charge in [0.05, 0.1) is 43.7 Å². The van der Waals surface area contributed by atoms with Crippen LogP contribution in [0.3, 0.4) is 0 Å². The molecule has 1 aromatic carbocycles. The van der Waals surface area contributed by atoms with Gasteiger partial charge in [-0.05, 0) is 51.3 Å². The molecule has 0 N–H and O–H groups in total. The van der Waals surface area contributed by atoms with Crippen LogP contribution in [0.25, 0.3) is 11.3 Å². The summed E-state index contributed by atoms with van der Waals surface area (Å²) in [4.78, 5) is 25.3. The number of pyridine rings is 1. The number of methoxy groups -OCH3 is 1. The quantitative estimate of drug-likeness (QED) is 0.386. The van der Waals surface area contributed by atoms with Crippen molar-refractivity contribution in [2.24, 2.45) is 0 Å². The molecule has 3 heterocycles. The Morgan fingerprint density at radius 1 is 1.23 bits per heavy atom. The highest BCUT2D eigenvalue weighted by molar-refractivity contribution is 5.89. The van der Waals surface area contributed by atoms with E-state index in [9.17, 15) is 18.4 Å². The van der Waals surface area contributed by atoms with E-state index in [-0.39, 0.29) is 36.1 Å². The molecule has 0 unspecified atom stereocenters. The third kappa shape index (κ3) is 4.77.